The Bertz CT molecular complexity index is 3320. The number of benzene rings is 4. The number of nitrogens with one attached hydrogen (secondary N) is 4. The van der Waals surface area contributed by atoms with Gasteiger partial charge in [-0.25, -0.2) is 0 Å². The zero-order valence-corrected chi connectivity index (χ0v) is 52.6. The number of hydrogen-bond donors (Lipinski definition) is 5. The lowest BCUT2D eigenvalue weighted by Gasteiger charge is -2.20. The number of fused-ring (bicyclic) bond motifs is 24. The lowest BCUT2D eigenvalue weighted by molar-refractivity contribution is -0.141. The van der Waals surface area contributed by atoms with Gasteiger partial charge in [0.25, 0.3) is 11.8 Å². The number of nitrogens with zero attached hydrogens (tertiary/aromatic N) is 8. The number of aliphatic carboxylic acids is 1. The van der Waals surface area contributed by atoms with Crippen LogP contribution >= 0.6 is 0 Å². The largest absolute Gasteiger partial charge is 0.494 e. The fraction of sp³-hybridized carbons (Fsp3) is 0.493. The number of likely N-dealkylation sites (tertiary alicyclic amines) is 2. The number of carbonyl (C=O) groups excluding carboxylic acids is 3. The number of esters is 1. The van der Waals surface area contributed by atoms with Crippen LogP contribution in [0.4, 0.5) is 35.2 Å². The van der Waals surface area contributed by atoms with E-state index in [1.165, 1.54) is 7.11 Å². The van der Waals surface area contributed by atoms with Gasteiger partial charge in [0.15, 0.2) is 0 Å². The van der Waals surface area contributed by atoms with Gasteiger partial charge in [0.2, 0.25) is 23.8 Å². The van der Waals surface area contributed by atoms with Crippen LogP contribution in [0.3, 0.4) is 0 Å². The molecular weight excluding hydrogens is 1160 g/mol. The van der Waals surface area contributed by atoms with Gasteiger partial charge in [-0.3, -0.25) is 19.2 Å². The molecule has 0 aliphatic carbocycles. The Morgan fingerprint density at radius 2 is 0.901 bits per heavy atom. The summed E-state index contributed by atoms with van der Waals surface area (Å²) in [7, 11) is 1.39. The molecule has 6 aliphatic rings. The highest BCUT2D eigenvalue weighted by atomic mass is 16.5. The molecule has 6 aromatic rings. The summed E-state index contributed by atoms with van der Waals surface area (Å²) < 4.78 is 40.4. The van der Waals surface area contributed by atoms with Gasteiger partial charge in [-0.1, -0.05) is 75.6 Å². The van der Waals surface area contributed by atoms with Crippen molar-refractivity contribution in [1.29, 1.82) is 0 Å². The molecule has 2 aromatic heterocycles. The highest BCUT2D eigenvalue weighted by Gasteiger charge is 2.32. The molecule has 12 rings (SSSR count). The normalized spacial score (nSPS) is 17.6. The van der Waals surface area contributed by atoms with Gasteiger partial charge < -0.3 is 69.3 Å². The molecular formula is C67H86N12O12. The second kappa shape index (κ2) is 34.7. The molecule has 2 saturated heterocycles. The molecule has 5 N–H and O–H groups in total. The number of methoxy groups -OCH3 is 1. The summed E-state index contributed by atoms with van der Waals surface area (Å²) in [6, 6.07) is 27.0. The van der Waals surface area contributed by atoms with E-state index in [4.69, 9.17) is 33.2 Å². The number of carbonyl (C=O) groups is 4. The number of ether oxygens (including phenoxy) is 7. The quantitative estimate of drug-likeness (QED) is 0.0797. The molecule has 6 aliphatic heterocycles. The lowest BCUT2D eigenvalue weighted by Crippen LogP contribution is -2.29. The summed E-state index contributed by atoms with van der Waals surface area (Å²) in [5, 5.41) is 22.2. The van der Waals surface area contributed by atoms with Crippen LogP contribution in [-0.4, -0.2) is 141 Å². The second-order valence-corrected chi connectivity index (χ2v) is 22.9. The Labute approximate surface area is 531 Å². The Hall–Kier alpha value is -9.22. The van der Waals surface area contributed by atoms with Gasteiger partial charge in [0.05, 0.1) is 64.3 Å². The maximum Gasteiger partial charge on any atom is 0.323 e. The molecule has 2 atom stereocenters. The smallest absolute Gasteiger partial charge is 0.323 e. The van der Waals surface area contributed by atoms with E-state index in [9.17, 15) is 24.3 Å². The standard InChI is InChI=1S/C34H44N6O6.C33H42N6O6/c1-3-44-34-38-32-35-22-24-10-13-27(14-11-24)45-18-8-6-4-5-7-9-19-46-29-21-26(36-33(37-32)39-34)12-15-28(29)31(42)40-17-16-25(23-40)20-30(41)43-2;1-2-43-33-37-31-34-21-23-9-12-26(13-10-23)44-17-7-5-3-4-6-8-18-45-28-20-25(35-32(36-31)38-33)11-14-27(28)30(42)39-16-15-24(22-39)19-29(40)41/h10-15,21,25H,3-9,16-20,22-23H2,1-2H3,(H2,35,36,37,38,39);9-14,20,24H,2-8,15-19,21-22H2,1H3,(H,40,41)(H2,34,35,36,37,38). The van der Waals surface area contributed by atoms with Crippen molar-refractivity contribution in [3.8, 4) is 35.0 Å². The number of hydrogen-bond acceptors (Lipinski definition) is 21. The van der Waals surface area contributed by atoms with Gasteiger partial charge in [0, 0.05) is 69.2 Å². The Morgan fingerprint density at radius 3 is 1.31 bits per heavy atom. The van der Waals surface area contributed by atoms with Crippen molar-refractivity contribution in [2.24, 2.45) is 11.8 Å². The number of carboxylic acids is 1. The maximum atomic E-state index is 13.7. The molecule has 4 aromatic carbocycles. The summed E-state index contributed by atoms with van der Waals surface area (Å²) >= 11 is 0. The van der Waals surface area contributed by atoms with Crippen LogP contribution in [0, 0.1) is 11.8 Å². The summed E-state index contributed by atoms with van der Waals surface area (Å²) in [5.41, 5.74) is 4.32. The summed E-state index contributed by atoms with van der Waals surface area (Å²) in [6.45, 7) is 9.86. The number of carboxylic acid groups (broad SMARTS) is 1. The molecule has 2 amide bonds. The molecule has 2 unspecified atom stereocenters. The highest BCUT2D eigenvalue weighted by molar-refractivity contribution is 5.98. The molecule has 0 radical (unpaired) electrons. The third-order valence-corrected chi connectivity index (χ3v) is 15.9. The summed E-state index contributed by atoms with van der Waals surface area (Å²) in [5.74, 6) is 2.58. The predicted molar refractivity (Wildman–Crippen MR) is 343 cm³/mol. The van der Waals surface area contributed by atoms with Crippen molar-refractivity contribution in [2.75, 3.05) is 94.2 Å². The SMILES string of the molecule is CCOc1nc2nc(n1)Nc1ccc(C(=O)N3CCC(CC(=O)O)C3)c(c1)OCCCCCCCCOc1ccc(cc1)CN2.CCOc1nc2nc(n1)Nc1ccc(C(=O)N3CCC(CC(=O)OC)C3)c(c1)OCCCCCCCCOc1ccc(cc1)CN2. The van der Waals surface area contributed by atoms with Crippen molar-refractivity contribution < 1.29 is 57.4 Å². The maximum absolute atomic E-state index is 13.7. The van der Waals surface area contributed by atoms with E-state index < -0.39 is 5.97 Å². The van der Waals surface area contributed by atoms with Crippen LogP contribution in [0.15, 0.2) is 84.9 Å². The zero-order valence-electron chi connectivity index (χ0n) is 52.6. The summed E-state index contributed by atoms with van der Waals surface area (Å²) in [4.78, 5) is 80.5. The minimum absolute atomic E-state index is 0.0489. The highest BCUT2D eigenvalue weighted by Crippen LogP contribution is 2.33. The average Bonchev–Trinajstić information content (AvgIpc) is 3.17. The molecule has 12 bridgehead atoms. The van der Waals surface area contributed by atoms with E-state index >= 15 is 0 Å². The first-order valence-corrected chi connectivity index (χ1v) is 32.1. The minimum atomic E-state index is -0.844. The fourth-order valence-corrected chi connectivity index (χ4v) is 11.0. The van der Waals surface area contributed by atoms with E-state index in [0.29, 0.717) is 144 Å². The van der Waals surface area contributed by atoms with Gasteiger partial charge in [0.1, 0.15) is 23.0 Å². The Morgan fingerprint density at radius 1 is 0.505 bits per heavy atom. The first kappa shape index (κ1) is 66.2. The van der Waals surface area contributed by atoms with Crippen LogP contribution < -0.4 is 49.7 Å². The minimum Gasteiger partial charge on any atom is -0.494 e. The van der Waals surface area contributed by atoms with E-state index in [-0.39, 0.29) is 54.0 Å². The van der Waals surface area contributed by atoms with Crippen LogP contribution in [0.2, 0.25) is 0 Å². The van der Waals surface area contributed by atoms with Crippen molar-refractivity contribution in [3.63, 3.8) is 0 Å². The average molecular weight is 1250 g/mol. The Kier molecular flexibility index (Phi) is 25.2. The second-order valence-electron chi connectivity index (χ2n) is 22.9. The van der Waals surface area contributed by atoms with Crippen LogP contribution in [0.25, 0.3) is 0 Å². The third-order valence-electron chi connectivity index (χ3n) is 15.9. The number of anilines is 6. The molecule has 0 saturated carbocycles. The molecule has 486 valence electrons. The van der Waals surface area contributed by atoms with Gasteiger partial charge >= 0.3 is 24.0 Å². The number of amides is 2. The van der Waals surface area contributed by atoms with Crippen LogP contribution in [0.5, 0.6) is 35.0 Å². The molecule has 24 nitrogen and oxygen atoms in total. The van der Waals surface area contributed by atoms with E-state index in [1.807, 2.05) is 74.5 Å². The molecule has 24 heteroatoms. The van der Waals surface area contributed by atoms with Crippen LogP contribution in [-0.2, 0) is 27.4 Å². The first-order valence-electron chi connectivity index (χ1n) is 32.1. The monoisotopic (exact) mass is 1250 g/mol. The van der Waals surface area contributed by atoms with Gasteiger partial charge in [-0.2, -0.15) is 29.9 Å². The van der Waals surface area contributed by atoms with E-state index in [0.717, 1.165) is 106 Å². The zero-order chi connectivity index (χ0) is 63.6. The number of rotatable bonds is 10. The fourth-order valence-electron chi connectivity index (χ4n) is 11.0. The topological polar surface area (TPSA) is 285 Å². The van der Waals surface area contributed by atoms with Crippen molar-refractivity contribution in [2.45, 2.75) is 130 Å². The Balaban J connectivity index is 0.000000215. The predicted octanol–water partition coefficient (Wildman–Crippen LogP) is 11.4. The molecule has 8 heterocycles. The van der Waals surface area contributed by atoms with E-state index in [1.54, 1.807) is 34.1 Å². The molecule has 2 fully saturated rings. The van der Waals surface area contributed by atoms with Crippen molar-refractivity contribution in [1.82, 2.24) is 39.7 Å². The van der Waals surface area contributed by atoms with E-state index in [2.05, 4.69) is 51.2 Å². The molecule has 91 heavy (non-hydrogen) atoms. The third kappa shape index (κ3) is 20.9. The van der Waals surface area contributed by atoms with Gasteiger partial charge in [-0.15, -0.1) is 0 Å². The van der Waals surface area contributed by atoms with Crippen molar-refractivity contribution in [3.05, 3.63) is 107 Å². The summed E-state index contributed by atoms with van der Waals surface area (Å²) in [6.07, 6.45) is 14.3. The lowest BCUT2D eigenvalue weighted by atomic mass is 10.1. The van der Waals surface area contributed by atoms with Crippen LogP contribution in [0.1, 0.15) is 148 Å². The van der Waals surface area contributed by atoms with Crippen molar-refractivity contribution >= 4 is 58.9 Å². The number of aromatic nitrogens is 6. The molecule has 0 spiro atoms. The van der Waals surface area contributed by atoms with Gasteiger partial charge in [-0.05, 0) is 124 Å². The first-order chi connectivity index (χ1) is 44.5.